The van der Waals surface area contributed by atoms with Gasteiger partial charge < -0.3 is 20.2 Å². The number of nitrogens with zero attached hydrogens (tertiary/aromatic N) is 3. The Bertz CT molecular complexity index is 313. The van der Waals surface area contributed by atoms with Gasteiger partial charge in [-0.05, 0) is 25.2 Å². The fraction of sp³-hybridized carbons (Fsp3) is 0.778. The molecule has 84 valence electrons. The van der Waals surface area contributed by atoms with E-state index in [-0.39, 0.29) is 12.6 Å². The number of hydrogen-bond donors (Lipinski definition) is 2. The van der Waals surface area contributed by atoms with E-state index in [2.05, 4.69) is 10.2 Å². The first kappa shape index (κ1) is 10.2. The highest BCUT2D eigenvalue weighted by Gasteiger charge is 2.22. The van der Waals surface area contributed by atoms with Gasteiger partial charge in [-0.15, -0.1) is 0 Å². The van der Waals surface area contributed by atoms with Gasteiger partial charge in [0.2, 0.25) is 0 Å². The van der Waals surface area contributed by atoms with Crippen molar-refractivity contribution < 1.29 is 9.52 Å². The maximum Gasteiger partial charge on any atom is 0.319 e. The molecule has 1 aliphatic heterocycles. The quantitative estimate of drug-likeness (QED) is 0.746. The van der Waals surface area contributed by atoms with E-state index in [1.807, 2.05) is 4.90 Å². The molecule has 0 saturated carbocycles. The summed E-state index contributed by atoms with van der Waals surface area (Å²) >= 11 is 0. The van der Waals surface area contributed by atoms with E-state index in [1.54, 1.807) is 0 Å². The first-order valence-electron chi connectivity index (χ1n) is 5.24. The zero-order chi connectivity index (χ0) is 10.7. The predicted octanol–water partition coefficient (Wildman–Crippen LogP) is 0.251. The average molecular weight is 212 g/mol. The third-order valence-electron chi connectivity index (χ3n) is 2.76. The number of rotatable bonds is 3. The molecule has 0 bridgehead atoms. The molecule has 2 heterocycles. The van der Waals surface area contributed by atoms with Gasteiger partial charge in [-0.3, -0.25) is 0 Å². The van der Waals surface area contributed by atoms with Crippen molar-refractivity contribution >= 4 is 12.0 Å². The highest BCUT2D eigenvalue weighted by Crippen LogP contribution is 2.24. The van der Waals surface area contributed by atoms with Gasteiger partial charge in [0, 0.05) is 19.7 Å². The summed E-state index contributed by atoms with van der Waals surface area (Å²) in [5.74, 6) is 0.511. The van der Waals surface area contributed by atoms with Gasteiger partial charge in [0.25, 0.3) is 0 Å². The maximum absolute atomic E-state index is 8.89. The Hall–Kier alpha value is -1.30. The van der Waals surface area contributed by atoms with Crippen LogP contribution >= 0.6 is 0 Å². The Morgan fingerprint density at radius 2 is 2.40 bits per heavy atom. The maximum atomic E-state index is 8.89. The summed E-state index contributed by atoms with van der Waals surface area (Å²) in [5.41, 5.74) is 5.37. The molecule has 1 aromatic rings. The molecule has 1 fully saturated rings. The summed E-state index contributed by atoms with van der Waals surface area (Å²) in [6.45, 7) is 2.02. The van der Waals surface area contributed by atoms with E-state index in [0.717, 1.165) is 32.4 Å². The minimum Gasteiger partial charge on any atom is -0.396 e. The molecule has 6 heteroatoms. The lowest BCUT2D eigenvalue weighted by Gasteiger charge is -2.30. The first-order chi connectivity index (χ1) is 7.29. The molecule has 2 rings (SSSR count). The fourth-order valence-electron chi connectivity index (χ4n) is 2.01. The van der Waals surface area contributed by atoms with Gasteiger partial charge >= 0.3 is 12.0 Å². The van der Waals surface area contributed by atoms with Crippen molar-refractivity contribution in [3.63, 3.8) is 0 Å². The van der Waals surface area contributed by atoms with Gasteiger partial charge in [-0.2, -0.15) is 0 Å². The van der Waals surface area contributed by atoms with Crippen LogP contribution in [-0.2, 0) is 0 Å². The Labute approximate surface area is 88.1 Å². The molecular formula is C9H16N4O2. The zero-order valence-electron chi connectivity index (χ0n) is 8.59. The van der Waals surface area contributed by atoms with Crippen LogP contribution in [0.5, 0.6) is 0 Å². The van der Waals surface area contributed by atoms with Crippen molar-refractivity contribution in [2.75, 3.05) is 30.3 Å². The summed E-state index contributed by atoms with van der Waals surface area (Å²) in [4.78, 5) is 2.03. The smallest absolute Gasteiger partial charge is 0.319 e. The average Bonchev–Trinajstić information content (AvgIpc) is 2.66. The summed E-state index contributed by atoms with van der Waals surface area (Å²) < 4.78 is 5.17. The number of nitrogens with two attached hydrogens (primary N) is 1. The van der Waals surface area contributed by atoms with Crippen molar-refractivity contribution in [3.8, 4) is 0 Å². The molecule has 0 aliphatic carbocycles. The number of anilines is 2. The highest BCUT2D eigenvalue weighted by atomic mass is 16.4. The Kier molecular flexibility index (Phi) is 3.05. The van der Waals surface area contributed by atoms with Crippen LogP contribution < -0.4 is 10.6 Å². The lowest BCUT2D eigenvalue weighted by atomic mass is 9.95. The van der Waals surface area contributed by atoms with Gasteiger partial charge in [0.1, 0.15) is 0 Å². The van der Waals surface area contributed by atoms with Gasteiger partial charge in [0.05, 0.1) is 0 Å². The van der Waals surface area contributed by atoms with Crippen LogP contribution in [0.1, 0.15) is 19.3 Å². The lowest BCUT2D eigenvalue weighted by Crippen LogP contribution is -2.35. The molecule has 0 amide bonds. The molecule has 1 aliphatic rings. The van der Waals surface area contributed by atoms with E-state index < -0.39 is 0 Å². The number of aliphatic hydroxyl groups is 1. The van der Waals surface area contributed by atoms with Crippen LogP contribution in [0.25, 0.3) is 0 Å². The van der Waals surface area contributed by atoms with Gasteiger partial charge in [-0.25, -0.2) is 0 Å². The van der Waals surface area contributed by atoms with Crippen LogP contribution in [0.4, 0.5) is 12.0 Å². The molecule has 1 atom stereocenters. The molecule has 3 N–H and O–H groups in total. The Morgan fingerprint density at radius 3 is 3.07 bits per heavy atom. The molecule has 6 nitrogen and oxygen atoms in total. The second kappa shape index (κ2) is 4.48. The summed E-state index contributed by atoms with van der Waals surface area (Å²) in [6.07, 6.45) is 3.08. The van der Waals surface area contributed by atoms with E-state index in [4.69, 9.17) is 15.3 Å². The molecule has 0 aromatic carbocycles. The third-order valence-corrected chi connectivity index (χ3v) is 2.76. The van der Waals surface area contributed by atoms with Crippen molar-refractivity contribution in [3.05, 3.63) is 0 Å². The molecule has 1 unspecified atom stereocenters. The van der Waals surface area contributed by atoms with Crippen molar-refractivity contribution in [2.45, 2.75) is 19.3 Å². The van der Waals surface area contributed by atoms with Crippen LogP contribution in [0.3, 0.4) is 0 Å². The minimum absolute atomic E-state index is 0.106. The van der Waals surface area contributed by atoms with E-state index in [1.165, 1.54) is 0 Å². The van der Waals surface area contributed by atoms with E-state index in [0.29, 0.717) is 11.9 Å². The van der Waals surface area contributed by atoms with Gasteiger partial charge in [-0.1, -0.05) is 10.2 Å². The van der Waals surface area contributed by atoms with Crippen LogP contribution in [0.15, 0.2) is 4.42 Å². The van der Waals surface area contributed by atoms with Crippen LogP contribution in [0.2, 0.25) is 0 Å². The van der Waals surface area contributed by atoms with E-state index >= 15 is 0 Å². The number of aliphatic hydroxyl groups excluding tert-OH is 1. The monoisotopic (exact) mass is 212 g/mol. The molecular weight excluding hydrogens is 196 g/mol. The summed E-state index contributed by atoms with van der Waals surface area (Å²) in [7, 11) is 0. The fourth-order valence-corrected chi connectivity index (χ4v) is 2.01. The molecule has 15 heavy (non-hydrogen) atoms. The Balaban J connectivity index is 1.98. The predicted molar refractivity (Wildman–Crippen MR) is 55.4 cm³/mol. The van der Waals surface area contributed by atoms with Crippen molar-refractivity contribution in [2.24, 2.45) is 5.92 Å². The SMILES string of the molecule is Nc1nnc(N2CCCC(CCO)C2)o1. The highest BCUT2D eigenvalue weighted by molar-refractivity contribution is 5.28. The Morgan fingerprint density at radius 1 is 1.53 bits per heavy atom. The van der Waals surface area contributed by atoms with Crippen molar-refractivity contribution in [1.29, 1.82) is 0 Å². The number of piperidine rings is 1. The summed E-state index contributed by atoms with van der Waals surface area (Å²) in [5, 5.41) is 16.4. The van der Waals surface area contributed by atoms with Gasteiger partial charge in [0.15, 0.2) is 0 Å². The molecule has 0 spiro atoms. The standard InChI is InChI=1S/C9H16N4O2/c10-8-11-12-9(15-8)13-4-1-2-7(6-13)3-5-14/h7,14H,1-6H2,(H2,10,11). The van der Waals surface area contributed by atoms with Crippen LogP contribution in [-0.4, -0.2) is 35.0 Å². The van der Waals surface area contributed by atoms with E-state index in [9.17, 15) is 0 Å². The topological polar surface area (TPSA) is 88.4 Å². The second-order valence-corrected chi connectivity index (χ2v) is 3.89. The van der Waals surface area contributed by atoms with Crippen molar-refractivity contribution in [1.82, 2.24) is 10.2 Å². The second-order valence-electron chi connectivity index (χ2n) is 3.89. The minimum atomic E-state index is 0.106. The number of hydrogen-bond acceptors (Lipinski definition) is 6. The first-order valence-corrected chi connectivity index (χ1v) is 5.24. The van der Waals surface area contributed by atoms with Crippen LogP contribution in [0, 0.1) is 5.92 Å². The number of aromatic nitrogens is 2. The third kappa shape index (κ3) is 2.38. The lowest BCUT2D eigenvalue weighted by molar-refractivity contribution is 0.242. The largest absolute Gasteiger partial charge is 0.396 e. The molecule has 1 saturated heterocycles. The normalized spacial score (nSPS) is 21.9. The summed E-state index contributed by atoms with van der Waals surface area (Å²) in [6, 6.07) is 0.601. The number of nitrogen functional groups attached to an aromatic ring is 1. The molecule has 0 radical (unpaired) electrons. The molecule has 1 aromatic heterocycles. The zero-order valence-corrected chi connectivity index (χ0v) is 8.59.